The van der Waals surface area contributed by atoms with Crippen LogP contribution in [0, 0.1) is 0 Å². The van der Waals surface area contributed by atoms with Crippen LogP contribution in [0.3, 0.4) is 0 Å². The molecule has 6 heteroatoms. The molecule has 0 heterocycles. The van der Waals surface area contributed by atoms with Crippen molar-refractivity contribution in [2.24, 2.45) is 0 Å². The second kappa shape index (κ2) is 11.1. The molecule has 160 valence electrons. The van der Waals surface area contributed by atoms with Gasteiger partial charge < -0.3 is 5.32 Å². The molecule has 0 amide bonds. The van der Waals surface area contributed by atoms with Gasteiger partial charge in [-0.1, -0.05) is 69.3 Å². The van der Waals surface area contributed by atoms with Crippen LogP contribution >= 0.6 is 7.75 Å². The molecule has 2 aromatic rings. The molecule has 0 radical (unpaired) electrons. The second-order valence-corrected chi connectivity index (χ2v) is 9.86. The summed E-state index contributed by atoms with van der Waals surface area (Å²) in [7, 11) is -3.22. The van der Waals surface area contributed by atoms with Crippen molar-refractivity contribution in [3.8, 4) is 0 Å². The monoisotopic (exact) mass is 418 g/mol. The highest BCUT2D eigenvalue weighted by atomic mass is 31.2. The third-order valence-electron chi connectivity index (χ3n) is 4.58. The van der Waals surface area contributed by atoms with Crippen molar-refractivity contribution in [2.45, 2.75) is 59.7 Å². The van der Waals surface area contributed by atoms with Crippen LogP contribution in [0.5, 0.6) is 0 Å². The molecule has 0 aliphatic heterocycles. The molecule has 0 atom stereocenters. The van der Waals surface area contributed by atoms with Gasteiger partial charge in [-0.3, -0.25) is 9.05 Å². The fourth-order valence-electron chi connectivity index (χ4n) is 2.91. The third-order valence-corrected chi connectivity index (χ3v) is 6.32. The molecule has 5 nitrogen and oxygen atoms in total. The van der Waals surface area contributed by atoms with Gasteiger partial charge in [0, 0.05) is 19.6 Å². The summed E-state index contributed by atoms with van der Waals surface area (Å²) in [6, 6.07) is 17.0. The van der Waals surface area contributed by atoms with E-state index in [1.54, 1.807) is 13.8 Å². The van der Waals surface area contributed by atoms with Gasteiger partial charge in [-0.15, -0.1) is 0 Å². The van der Waals surface area contributed by atoms with E-state index in [1.165, 1.54) is 16.7 Å². The fourth-order valence-corrected chi connectivity index (χ4v) is 4.22. The van der Waals surface area contributed by atoms with Gasteiger partial charge >= 0.3 is 7.75 Å². The van der Waals surface area contributed by atoms with Crippen LogP contribution in [0.2, 0.25) is 0 Å². The summed E-state index contributed by atoms with van der Waals surface area (Å²) >= 11 is 0. The molecule has 0 unspecified atom stereocenters. The van der Waals surface area contributed by atoms with E-state index in [4.69, 9.17) is 9.05 Å². The number of rotatable bonds is 11. The Bertz CT molecular complexity index is 773. The molecule has 2 aromatic carbocycles. The van der Waals surface area contributed by atoms with Crippen LogP contribution in [0.25, 0.3) is 0 Å². The summed E-state index contributed by atoms with van der Waals surface area (Å²) in [5.41, 5.74) is 5.05. The summed E-state index contributed by atoms with van der Waals surface area (Å²) in [5, 5.41) is 6.39. The van der Waals surface area contributed by atoms with Gasteiger partial charge in [0.2, 0.25) is 0 Å². The van der Waals surface area contributed by atoms with Crippen LogP contribution in [0.4, 0.5) is 0 Å². The van der Waals surface area contributed by atoms with Crippen LogP contribution in [0.15, 0.2) is 48.5 Å². The Morgan fingerprint density at radius 3 is 1.59 bits per heavy atom. The Kier molecular flexibility index (Phi) is 9.06. The summed E-state index contributed by atoms with van der Waals surface area (Å²) in [6.45, 7) is 13.0. The number of nitrogens with one attached hydrogen (secondary N) is 2. The molecule has 0 saturated heterocycles. The standard InChI is InChI=1S/C23H35N2O3P/c1-6-27-29(26,28-7-2)25-18-21-10-8-19(9-11-21)16-24-17-20-12-14-22(15-13-20)23(3,4)5/h8-15,24H,6-7,16-18H2,1-5H3,(H,25,26). The Morgan fingerprint density at radius 2 is 1.17 bits per heavy atom. The van der Waals surface area contributed by atoms with E-state index in [2.05, 4.69) is 67.6 Å². The molecule has 0 fully saturated rings. The average Bonchev–Trinajstić information content (AvgIpc) is 2.68. The van der Waals surface area contributed by atoms with E-state index in [-0.39, 0.29) is 5.41 Å². The second-order valence-electron chi connectivity index (χ2n) is 8.03. The Labute approximate surface area is 175 Å². The lowest BCUT2D eigenvalue weighted by atomic mass is 9.87. The van der Waals surface area contributed by atoms with Crippen LogP contribution < -0.4 is 10.4 Å². The molecule has 0 bridgehead atoms. The number of benzene rings is 2. The maximum Gasteiger partial charge on any atom is 0.405 e. The quantitative estimate of drug-likeness (QED) is 0.469. The summed E-state index contributed by atoms with van der Waals surface area (Å²) in [5.74, 6) is 0. The van der Waals surface area contributed by atoms with Crippen molar-refractivity contribution in [3.05, 3.63) is 70.8 Å². The van der Waals surface area contributed by atoms with Crippen molar-refractivity contribution >= 4 is 7.75 Å². The van der Waals surface area contributed by atoms with Gasteiger partial charge in [0.1, 0.15) is 0 Å². The van der Waals surface area contributed by atoms with E-state index >= 15 is 0 Å². The highest BCUT2D eigenvalue weighted by molar-refractivity contribution is 7.51. The van der Waals surface area contributed by atoms with Crippen LogP contribution in [-0.2, 0) is 38.7 Å². The van der Waals surface area contributed by atoms with Gasteiger partial charge in [0.25, 0.3) is 0 Å². The fraction of sp³-hybridized carbons (Fsp3) is 0.478. The van der Waals surface area contributed by atoms with E-state index < -0.39 is 7.75 Å². The van der Waals surface area contributed by atoms with E-state index in [0.717, 1.165) is 18.7 Å². The van der Waals surface area contributed by atoms with E-state index in [9.17, 15) is 4.57 Å². The zero-order valence-electron chi connectivity index (χ0n) is 18.3. The molecule has 2 rings (SSSR count). The van der Waals surface area contributed by atoms with Gasteiger partial charge in [-0.25, -0.2) is 9.65 Å². The van der Waals surface area contributed by atoms with Gasteiger partial charge in [0.05, 0.1) is 13.2 Å². The molecule has 2 N–H and O–H groups in total. The summed E-state index contributed by atoms with van der Waals surface area (Å²) in [4.78, 5) is 0. The van der Waals surface area contributed by atoms with E-state index in [1.807, 2.05) is 12.1 Å². The minimum atomic E-state index is -3.22. The molecule has 0 aliphatic rings. The van der Waals surface area contributed by atoms with Crippen LogP contribution in [0.1, 0.15) is 56.9 Å². The first-order chi connectivity index (χ1) is 13.8. The zero-order chi connectivity index (χ0) is 21.3. The Hall–Kier alpha value is -1.49. The molecule has 0 saturated carbocycles. The first-order valence-corrected chi connectivity index (χ1v) is 11.8. The highest BCUT2D eigenvalue weighted by Crippen LogP contribution is 2.43. The SMILES string of the molecule is CCOP(=O)(NCc1ccc(CNCc2ccc(C(C)(C)C)cc2)cc1)OCC. The molecule has 0 aliphatic carbocycles. The predicted molar refractivity (Wildman–Crippen MR) is 120 cm³/mol. The van der Waals surface area contributed by atoms with Gasteiger partial charge in [-0.05, 0) is 41.5 Å². The molecule has 0 spiro atoms. The minimum Gasteiger partial charge on any atom is -0.309 e. The molecule has 29 heavy (non-hydrogen) atoms. The Balaban J connectivity index is 1.81. The molecule has 0 aromatic heterocycles. The van der Waals surface area contributed by atoms with Crippen LogP contribution in [-0.4, -0.2) is 13.2 Å². The van der Waals surface area contributed by atoms with Gasteiger partial charge in [-0.2, -0.15) is 0 Å². The summed E-state index contributed by atoms with van der Waals surface area (Å²) in [6.07, 6.45) is 0. The normalized spacial score (nSPS) is 12.3. The lowest BCUT2D eigenvalue weighted by Crippen LogP contribution is -2.15. The van der Waals surface area contributed by atoms with Crippen molar-refractivity contribution in [1.82, 2.24) is 10.4 Å². The number of hydrogen-bond acceptors (Lipinski definition) is 4. The van der Waals surface area contributed by atoms with Crippen molar-refractivity contribution in [3.63, 3.8) is 0 Å². The number of hydrogen-bond donors (Lipinski definition) is 2. The van der Waals surface area contributed by atoms with Crippen molar-refractivity contribution in [2.75, 3.05) is 13.2 Å². The predicted octanol–water partition coefficient (Wildman–Crippen LogP) is 5.54. The maximum atomic E-state index is 12.4. The maximum absolute atomic E-state index is 12.4. The smallest absolute Gasteiger partial charge is 0.309 e. The topological polar surface area (TPSA) is 59.6 Å². The molecular formula is C23H35N2O3P. The largest absolute Gasteiger partial charge is 0.405 e. The average molecular weight is 419 g/mol. The first-order valence-electron chi connectivity index (χ1n) is 10.3. The minimum absolute atomic E-state index is 0.182. The first kappa shape index (κ1) is 23.8. The molecular weight excluding hydrogens is 383 g/mol. The van der Waals surface area contributed by atoms with Gasteiger partial charge in [0.15, 0.2) is 0 Å². The van der Waals surface area contributed by atoms with E-state index in [0.29, 0.717) is 19.8 Å². The lowest BCUT2D eigenvalue weighted by molar-refractivity contribution is 0.210. The lowest BCUT2D eigenvalue weighted by Gasteiger charge is -2.19. The Morgan fingerprint density at radius 1 is 0.759 bits per heavy atom. The summed E-state index contributed by atoms with van der Waals surface area (Å²) < 4.78 is 22.9. The van der Waals surface area contributed by atoms with Crippen molar-refractivity contribution in [1.29, 1.82) is 0 Å². The zero-order valence-corrected chi connectivity index (χ0v) is 19.2. The highest BCUT2D eigenvalue weighted by Gasteiger charge is 2.22. The van der Waals surface area contributed by atoms with Crippen molar-refractivity contribution < 1.29 is 13.6 Å². The third kappa shape index (κ3) is 8.04.